The van der Waals surface area contributed by atoms with E-state index in [1.54, 1.807) is 11.8 Å². The molecule has 0 aliphatic rings. The highest BCUT2D eigenvalue weighted by atomic mass is 32.2. The zero-order valence-electron chi connectivity index (χ0n) is 8.05. The highest BCUT2D eigenvalue weighted by Gasteiger charge is 2.15. The molecule has 0 bridgehead atoms. The lowest BCUT2D eigenvalue weighted by Crippen LogP contribution is -2.31. The van der Waals surface area contributed by atoms with Crippen LogP contribution in [0.15, 0.2) is 29.2 Å². The zero-order valence-corrected chi connectivity index (χ0v) is 8.87. The van der Waals surface area contributed by atoms with Crippen LogP contribution >= 0.6 is 11.8 Å². The Balaban J connectivity index is 2.75. The first-order chi connectivity index (χ1) is 6.69. The predicted octanol–water partition coefficient (Wildman–Crippen LogP) is 0.762. The van der Waals surface area contributed by atoms with E-state index in [2.05, 4.69) is 0 Å². The molecule has 0 aliphatic carbocycles. The molecule has 0 saturated carbocycles. The van der Waals surface area contributed by atoms with E-state index in [0.29, 0.717) is 0 Å². The molecule has 4 heteroatoms. The summed E-state index contributed by atoms with van der Waals surface area (Å²) in [4.78, 5) is 1.14. The van der Waals surface area contributed by atoms with Crippen LogP contribution in [0.2, 0.25) is 0 Å². The van der Waals surface area contributed by atoms with Crippen molar-refractivity contribution in [3.63, 3.8) is 0 Å². The molecule has 0 heterocycles. The Kier molecular flexibility index (Phi) is 4.41. The third kappa shape index (κ3) is 2.72. The van der Waals surface area contributed by atoms with Crippen molar-refractivity contribution in [2.75, 3.05) is 12.9 Å². The molecule has 0 fully saturated rings. The second-order valence-corrected chi connectivity index (χ2v) is 3.94. The Morgan fingerprint density at radius 2 is 1.93 bits per heavy atom. The average molecular weight is 213 g/mol. The van der Waals surface area contributed by atoms with Gasteiger partial charge in [0, 0.05) is 4.90 Å². The first kappa shape index (κ1) is 11.5. The Bertz CT molecular complexity index is 276. The third-order valence-electron chi connectivity index (χ3n) is 2.07. The van der Waals surface area contributed by atoms with Crippen LogP contribution in [0, 0.1) is 0 Å². The van der Waals surface area contributed by atoms with Gasteiger partial charge in [-0.05, 0) is 24.0 Å². The van der Waals surface area contributed by atoms with Crippen LogP contribution in [0.3, 0.4) is 0 Å². The molecule has 3 nitrogen and oxygen atoms in total. The Morgan fingerprint density at radius 3 is 2.36 bits per heavy atom. The number of aliphatic hydroxyl groups is 2. The van der Waals surface area contributed by atoms with Gasteiger partial charge in [-0.15, -0.1) is 11.8 Å². The lowest BCUT2D eigenvalue weighted by Gasteiger charge is -2.16. The van der Waals surface area contributed by atoms with E-state index in [1.165, 1.54) is 0 Å². The van der Waals surface area contributed by atoms with E-state index in [-0.39, 0.29) is 6.61 Å². The van der Waals surface area contributed by atoms with Crippen molar-refractivity contribution < 1.29 is 10.2 Å². The fourth-order valence-electron chi connectivity index (χ4n) is 1.15. The quantitative estimate of drug-likeness (QED) is 0.646. The highest BCUT2D eigenvalue weighted by molar-refractivity contribution is 7.98. The van der Waals surface area contributed by atoms with Crippen molar-refractivity contribution in [3.05, 3.63) is 29.8 Å². The Hall–Kier alpha value is -0.550. The normalized spacial score (nSPS) is 15.1. The molecule has 0 aromatic heterocycles. The van der Waals surface area contributed by atoms with Crippen LogP contribution in [0.25, 0.3) is 0 Å². The lowest BCUT2D eigenvalue weighted by molar-refractivity contribution is 0.109. The molecule has 0 unspecified atom stereocenters. The second kappa shape index (κ2) is 5.36. The van der Waals surface area contributed by atoms with Gasteiger partial charge in [-0.1, -0.05) is 12.1 Å². The van der Waals surface area contributed by atoms with Gasteiger partial charge < -0.3 is 15.9 Å². The van der Waals surface area contributed by atoms with E-state index in [1.807, 2.05) is 30.5 Å². The van der Waals surface area contributed by atoms with Gasteiger partial charge in [-0.2, -0.15) is 0 Å². The number of benzene rings is 1. The molecule has 0 spiro atoms. The number of thioether (sulfide) groups is 1. The van der Waals surface area contributed by atoms with Crippen molar-refractivity contribution in [1.29, 1.82) is 0 Å². The topological polar surface area (TPSA) is 66.5 Å². The maximum Gasteiger partial charge on any atom is 0.0963 e. The molecular weight excluding hydrogens is 198 g/mol. The van der Waals surface area contributed by atoms with Gasteiger partial charge in [0.2, 0.25) is 0 Å². The van der Waals surface area contributed by atoms with Crippen LogP contribution in [-0.2, 0) is 0 Å². The number of hydrogen-bond donors (Lipinski definition) is 3. The molecule has 1 aromatic rings. The Morgan fingerprint density at radius 1 is 1.36 bits per heavy atom. The lowest BCUT2D eigenvalue weighted by atomic mass is 10.0. The first-order valence-corrected chi connectivity index (χ1v) is 5.60. The number of nitrogens with two attached hydrogens (primary N) is 1. The second-order valence-electron chi connectivity index (χ2n) is 3.06. The predicted molar refractivity (Wildman–Crippen MR) is 58.2 cm³/mol. The van der Waals surface area contributed by atoms with Crippen LogP contribution in [0.5, 0.6) is 0 Å². The fraction of sp³-hybridized carbons (Fsp3) is 0.400. The summed E-state index contributed by atoms with van der Waals surface area (Å²) in [6.45, 7) is -0.217. The van der Waals surface area contributed by atoms with Crippen molar-refractivity contribution in [1.82, 2.24) is 0 Å². The molecule has 0 aliphatic heterocycles. The summed E-state index contributed by atoms with van der Waals surface area (Å²) in [5, 5.41) is 18.4. The molecular formula is C10H15NO2S. The van der Waals surface area contributed by atoms with Crippen LogP contribution < -0.4 is 5.73 Å². The number of aliphatic hydroxyl groups excluding tert-OH is 2. The minimum absolute atomic E-state index is 0.217. The molecule has 0 amide bonds. The van der Waals surface area contributed by atoms with Crippen LogP contribution in [-0.4, -0.2) is 29.1 Å². The van der Waals surface area contributed by atoms with E-state index in [0.717, 1.165) is 10.5 Å². The minimum atomic E-state index is -0.795. The van der Waals surface area contributed by atoms with Gasteiger partial charge in [0.05, 0.1) is 18.8 Å². The summed E-state index contributed by atoms with van der Waals surface area (Å²) in [5.41, 5.74) is 6.25. The van der Waals surface area contributed by atoms with E-state index >= 15 is 0 Å². The van der Waals surface area contributed by atoms with Gasteiger partial charge in [0.1, 0.15) is 0 Å². The fourth-order valence-corrected chi connectivity index (χ4v) is 1.56. The molecule has 4 N–H and O–H groups in total. The van der Waals surface area contributed by atoms with Crippen LogP contribution in [0.1, 0.15) is 11.7 Å². The molecule has 78 valence electrons. The highest BCUT2D eigenvalue weighted by Crippen LogP contribution is 2.20. The summed E-state index contributed by atoms with van der Waals surface area (Å²) < 4.78 is 0. The van der Waals surface area contributed by atoms with Gasteiger partial charge in [-0.3, -0.25) is 0 Å². The van der Waals surface area contributed by atoms with E-state index < -0.39 is 12.1 Å². The minimum Gasteiger partial charge on any atom is -0.395 e. The summed E-state index contributed by atoms with van der Waals surface area (Å²) in [6, 6.07) is 6.88. The SMILES string of the molecule is CSc1ccc([C@@H](O)[C@H](N)CO)cc1. The Labute approximate surface area is 87.9 Å². The molecule has 1 rings (SSSR count). The molecule has 2 atom stereocenters. The standard InChI is InChI=1S/C10H15NO2S/c1-14-8-4-2-7(3-5-8)10(13)9(11)6-12/h2-5,9-10,12-13H,6,11H2,1H3/t9-,10-/m1/s1. The first-order valence-electron chi connectivity index (χ1n) is 4.37. The average Bonchev–Trinajstić information content (AvgIpc) is 2.27. The van der Waals surface area contributed by atoms with Crippen molar-refractivity contribution >= 4 is 11.8 Å². The van der Waals surface area contributed by atoms with Gasteiger partial charge in [-0.25, -0.2) is 0 Å². The molecule has 1 aromatic carbocycles. The van der Waals surface area contributed by atoms with Crippen molar-refractivity contribution in [3.8, 4) is 0 Å². The largest absolute Gasteiger partial charge is 0.395 e. The maximum atomic E-state index is 9.66. The van der Waals surface area contributed by atoms with Gasteiger partial charge >= 0.3 is 0 Å². The number of hydrogen-bond acceptors (Lipinski definition) is 4. The van der Waals surface area contributed by atoms with E-state index in [4.69, 9.17) is 10.8 Å². The zero-order chi connectivity index (χ0) is 10.6. The third-order valence-corrected chi connectivity index (χ3v) is 2.82. The molecule has 0 radical (unpaired) electrons. The summed E-state index contributed by atoms with van der Waals surface area (Å²) >= 11 is 1.64. The summed E-state index contributed by atoms with van der Waals surface area (Å²) in [6.07, 6.45) is 1.20. The number of rotatable bonds is 4. The monoisotopic (exact) mass is 213 g/mol. The molecule has 0 saturated heterocycles. The van der Waals surface area contributed by atoms with Gasteiger partial charge in [0.25, 0.3) is 0 Å². The van der Waals surface area contributed by atoms with Crippen molar-refractivity contribution in [2.24, 2.45) is 5.73 Å². The van der Waals surface area contributed by atoms with Crippen molar-refractivity contribution in [2.45, 2.75) is 17.0 Å². The summed E-state index contributed by atoms with van der Waals surface area (Å²) in [7, 11) is 0. The van der Waals surface area contributed by atoms with Gasteiger partial charge in [0.15, 0.2) is 0 Å². The molecule has 14 heavy (non-hydrogen) atoms. The van der Waals surface area contributed by atoms with E-state index in [9.17, 15) is 5.11 Å². The summed E-state index contributed by atoms with van der Waals surface area (Å²) in [5.74, 6) is 0. The smallest absolute Gasteiger partial charge is 0.0963 e. The maximum absolute atomic E-state index is 9.66. The van der Waals surface area contributed by atoms with Crippen LogP contribution in [0.4, 0.5) is 0 Å².